The SMILES string of the molecule is [2H]c1c([2H])c(OC([2H])([2H])[2H])c2c3c1C[C@@]1([2H])N(C([2H])([2H])[2H])CC[C@@]34C([2H])(O2)C(O)C=C[C@@]14[2H]. The Labute approximate surface area is 145 Å². The van der Waals surface area contributed by atoms with Crippen LogP contribution in [0.5, 0.6) is 11.5 Å². The number of benzene rings is 1. The zero-order valence-electron chi connectivity index (χ0n) is 22.6. The van der Waals surface area contributed by atoms with Crippen molar-refractivity contribution in [1.29, 1.82) is 0 Å². The summed E-state index contributed by atoms with van der Waals surface area (Å²) < 4.78 is 102. The normalized spacial score (nSPS) is 59.5. The number of hydrogen-bond acceptors (Lipinski definition) is 4. The first-order chi connectivity index (χ1) is 14.9. The van der Waals surface area contributed by atoms with Crippen LogP contribution in [0.25, 0.3) is 0 Å². The predicted molar refractivity (Wildman–Crippen MR) is 82.5 cm³/mol. The molecule has 4 nitrogen and oxygen atoms in total. The lowest BCUT2D eigenvalue weighted by molar-refractivity contribution is -0.0453. The molecule has 5 atom stereocenters. The summed E-state index contributed by atoms with van der Waals surface area (Å²) in [5.74, 6) is -3.03. The Kier molecular flexibility index (Phi) is 1.14. The van der Waals surface area contributed by atoms with E-state index in [2.05, 4.69) is 0 Å². The molecule has 5 rings (SSSR count). The van der Waals surface area contributed by atoms with Crippen LogP contribution in [0.2, 0.25) is 0 Å². The third kappa shape index (κ3) is 1.28. The molecular formula is C18H21NO3. The van der Waals surface area contributed by atoms with Crippen molar-refractivity contribution in [2.75, 3.05) is 20.6 Å². The zero-order valence-corrected chi connectivity index (χ0v) is 11.6. The first-order valence-electron chi connectivity index (χ1n) is 12.6. The van der Waals surface area contributed by atoms with E-state index in [-0.39, 0.29) is 29.8 Å². The predicted octanol–water partition coefficient (Wildman–Crippen LogP) is 1.50. The highest BCUT2D eigenvalue weighted by Crippen LogP contribution is 2.62. The summed E-state index contributed by atoms with van der Waals surface area (Å²) in [6.45, 7) is -2.99. The lowest BCUT2D eigenvalue weighted by Crippen LogP contribution is -2.64. The summed E-state index contributed by atoms with van der Waals surface area (Å²) in [7, 11) is -3.01. The van der Waals surface area contributed by atoms with Crippen LogP contribution in [0, 0.1) is 5.89 Å². The standard InChI is InChI=1S/C18H21NO3/c1-19-8-7-18-11-4-5-13(20)17(18)22-16-14(21-2)6-3-10(15(16)18)9-12(11)19/h3-6,11-13,17,20H,7-9H2,1-2H3/t11-,12+,13?,17?,18-/m0/s1/i1D3,2D3,3D,6D,11D,12D,17D. The van der Waals surface area contributed by atoms with Gasteiger partial charge in [-0.15, -0.1) is 0 Å². The highest BCUT2D eigenvalue weighted by Gasteiger charge is 2.64. The highest BCUT2D eigenvalue weighted by molar-refractivity contribution is 5.62. The van der Waals surface area contributed by atoms with Crippen LogP contribution >= 0.6 is 0 Å². The maximum atomic E-state index is 10.8. The highest BCUT2D eigenvalue weighted by atomic mass is 16.5. The van der Waals surface area contributed by atoms with Gasteiger partial charge in [0, 0.05) is 29.7 Å². The van der Waals surface area contributed by atoms with Gasteiger partial charge in [-0.05, 0) is 38.0 Å². The summed E-state index contributed by atoms with van der Waals surface area (Å²) in [6.07, 6.45) is -2.24. The van der Waals surface area contributed by atoms with Crippen LogP contribution in [-0.4, -0.2) is 48.8 Å². The van der Waals surface area contributed by atoms with E-state index >= 15 is 0 Å². The Morgan fingerprint density at radius 2 is 2.50 bits per heavy atom. The molecule has 1 N–H and O–H groups in total. The molecule has 0 radical (unpaired) electrons. The first kappa shape index (κ1) is 6.17. The molecule has 2 unspecified atom stereocenters. The lowest BCUT2D eigenvalue weighted by atomic mass is 9.53. The number of methoxy groups -OCH3 is 1. The average molecular weight is 310 g/mol. The molecule has 1 aromatic carbocycles. The van der Waals surface area contributed by atoms with Gasteiger partial charge in [0.05, 0.1) is 15.3 Å². The van der Waals surface area contributed by atoms with Crippen LogP contribution in [0.3, 0.4) is 0 Å². The van der Waals surface area contributed by atoms with Crippen molar-refractivity contribution in [2.24, 2.45) is 5.89 Å². The molecule has 0 saturated carbocycles. The Morgan fingerprint density at radius 3 is 3.36 bits per heavy atom. The quantitative estimate of drug-likeness (QED) is 0.798. The summed E-state index contributed by atoms with van der Waals surface area (Å²) in [4.78, 5) is 0.886. The molecule has 1 aromatic rings. The molecule has 2 aliphatic carbocycles. The van der Waals surface area contributed by atoms with E-state index in [1.165, 1.54) is 6.08 Å². The largest absolute Gasteiger partial charge is 0.493 e. The van der Waals surface area contributed by atoms with Crippen LogP contribution in [-0.2, 0) is 11.8 Å². The molecule has 0 amide bonds. The number of nitrogens with zero attached hydrogens (tertiary/aromatic N) is 1. The van der Waals surface area contributed by atoms with E-state index in [0.717, 1.165) is 11.0 Å². The van der Waals surface area contributed by atoms with E-state index in [4.69, 9.17) is 21.8 Å². The van der Waals surface area contributed by atoms with E-state index in [0.29, 0.717) is 0 Å². The number of likely N-dealkylation sites (tertiary alicyclic amines) is 1. The number of aliphatic hydroxyl groups is 1. The zero-order chi connectivity index (χ0) is 24.6. The number of aliphatic hydroxyl groups excluding tert-OH is 1. The van der Waals surface area contributed by atoms with Crippen LogP contribution in [0.4, 0.5) is 0 Å². The minimum Gasteiger partial charge on any atom is -0.493 e. The van der Waals surface area contributed by atoms with Crippen molar-refractivity contribution in [1.82, 2.24) is 4.90 Å². The molecule has 1 spiro atoms. The Hall–Kier alpha value is -1.52. The molecule has 1 saturated heterocycles. The van der Waals surface area contributed by atoms with Crippen molar-refractivity contribution in [2.45, 2.75) is 36.5 Å². The van der Waals surface area contributed by atoms with Crippen molar-refractivity contribution in [3.8, 4) is 11.5 Å². The summed E-state index contributed by atoms with van der Waals surface area (Å²) >= 11 is 0. The first-order valence-corrected chi connectivity index (χ1v) is 7.14. The Morgan fingerprint density at radius 1 is 1.55 bits per heavy atom. The number of ether oxygens (including phenoxy) is 2. The van der Waals surface area contributed by atoms with Gasteiger partial charge in [0.15, 0.2) is 11.5 Å². The minimum absolute atomic E-state index is 0.0244. The van der Waals surface area contributed by atoms with E-state index in [1.807, 2.05) is 0 Å². The van der Waals surface area contributed by atoms with Gasteiger partial charge < -0.3 is 19.5 Å². The second-order valence-electron chi connectivity index (χ2n) is 5.98. The summed E-state index contributed by atoms with van der Waals surface area (Å²) in [5, 5.41) is 10.8. The molecule has 2 bridgehead atoms. The maximum Gasteiger partial charge on any atom is 0.165 e. The van der Waals surface area contributed by atoms with Gasteiger partial charge in [0.1, 0.15) is 12.2 Å². The van der Waals surface area contributed by atoms with E-state index in [1.54, 1.807) is 0 Å². The van der Waals surface area contributed by atoms with Gasteiger partial charge in [0.2, 0.25) is 0 Å². The second kappa shape index (κ2) is 4.06. The Balaban J connectivity index is 1.91. The average Bonchev–Trinajstić information content (AvgIpc) is 2.93. The molecule has 2 aliphatic heterocycles. The Bertz CT molecular complexity index is 1100. The fraction of sp³-hybridized carbons (Fsp3) is 0.556. The van der Waals surface area contributed by atoms with Gasteiger partial charge in [-0.2, -0.15) is 0 Å². The number of piperidine rings is 1. The van der Waals surface area contributed by atoms with Crippen molar-refractivity contribution in [3.63, 3.8) is 0 Å². The van der Waals surface area contributed by atoms with Crippen LogP contribution in [0.15, 0.2) is 24.2 Å². The second-order valence-corrected chi connectivity index (χ2v) is 5.98. The third-order valence-electron chi connectivity index (χ3n) is 5.09. The molecule has 4 aliphatic rings. The topological polar surface area (TPSA) is 41.9 Å². The number of rotatable bonds is 1. The van der Waals surface area contributed by atoms with Crippen molar-refractivity contribution >= 4 is 0 Å². The lowest BCUT2D eigenvalue weighted by Gasteiger charge is -2.56. The molecule has 1 fully saturated rings. The summed E-state index contributed by atoms with van der Waals surface area (Å²) in [6, 6.07) is -3.33. The van der Waals surface area contributed by atoms with Gasteiger partial charge in [-0.3, -0.25) is 0 Å². The third-order valence-corrected chi connectivity index (χ3v) is 5.09. The number of likely N-dealkylation sites (N-methyl/N-ethyl adjacent to an activating group) is 1. The molecule has 4 heteroatoms. The molecule has 0 aromatic heterocycles. The molecule has 2 heterocycles. The molecule has 22 heavy (non-hydrogen) atoms. The van der Waals surface area contributed by atoms with Gasteiger partial charge >= 0.3 is 0 Å². The molecular weight excluding hydrogens is 278 g/mol. The minimum atomic E-state index is -3.01. The van der Waals surface area contributed by atoms with Crippen LogP contribution < -0.4 is 9.47 Å². The smallest absolute Gasteiger partial charge is 0.165 e. The van der Waals surface area contributed by atoms with E-state index < -0.39 is 67.8 Å². The fourth-order valence-electron chi connectivity index (χ4n) is 4.22. The van der Waals surface area contributed by atoms with Crippen LogP contribution in [0.1, 0.15) is 32.6 Å². The maximum absolute atomic E-state index is 10.8. The van der Waals surface area contributed by atoms with E-state index in [9.17, 15) is 7.85 Å². The van der Waals surface area contributed by atoms with Gasteiger partial charge in [-0.1, -0.05) is 18.2 Å². The fourth-order valence-corrected chi connectivity index (χ4v) is 4.22. The van der Waals surface area contributed by atoms with Gasteiger partial charge in [0.25, 0.3) is 0 Å². The molecule has 116 valence electrons. The van der Waals surface area contributed by atoms with Crippen molar-refractivity contribution in [3.05, 3.63) is 35.4 Å². The van der Waals surface area contributed by atoms with Gasteiger partial charge in [-0.25, -0.2) is 0 Å². The van der Waals surface area contributed by atoms with Crippen molar-refractivity contribution < 1.29 is 29.7 Å². The summed E-state index contributed by atoms with van der Waals surface area (Å²) in [5.41, 5.74) is -1.71. The number of hydrogen-bond donors (Lipinski definition) is 1. The monoisotopic (exact) mass is 310 g/mol.